The fraction of sp³-hybridized carbons (Fsp3) is 0.333. The molecule has 1 amide bonds. The van der Waals surface area contributed by atoms with Crippen molar-refractivity contribution in [2.75, 3.05) is 36.4 Å². The zero-order valence-electron chi connectivity index (χ0n) is 19.3. The number of rotatable bonds is 7. The largest absolute Gasteiger partial charge is 0.354 e. The van der Waals surface area contributed by atoms with Crippen LogP contribution in [0.5, 0.6) is 0 Å². The van der Waals surface area contributed by atoms with E-state index in [4.69, 9.17) is 4.52 Å². The molecule has 3 aromatic rings. The van der Waals surface area contributed by atoms with Crippen LogP contribution in [-0.2, 0) is 14.8 Å². The smallest absolute Gasteiger partial charge is 0.243 e. The molecule has 182 valence electrons. The predicted molar refractivity (Wildman–Crippen MR) is 131 cm³/mol. The zero-order valence-corrected chi connectivity index (χ0v) is 20.1. The molecule has 1 aliphatic carbocycles. The third kappa shape index (κ3) is 5.10. The van der Waals surface area contributed by atoms with Crippen LogP contribution in [0.2, 0.25) is 0 Å². The number of carbonyl (C=O) groups is 1. The lowest BCUT2D eigenvalue weighted by atomic mass is 10.2. The van der Waals surface area contributed by atoms with Crippen LogP contribution in [0.4, 0.5) is 11.6 Å². The molecule has 1 saturated heterocycles. The Labute approximate surface area is 203 Å². The van der Waals surface area contributed by atoms with E-state index in [2.05, 4.69) is 20.4 Å². The van der Waals surface area contributed by atoms with Crippen molar-refractivity contribution in [3.8, 4) is 0 Å². The van der Waals surface area contributed by atoms with Crippen molar-refractivity contribution in [1.29, 1.82) is 0 Å². The molecule has 1 saturated carbocycles. The highest BCUT2D eigenvalue weighted by atomic mass is 32.2. The van der Waals surface area contributed by atoms with Gasteiger partial charge in [0.2, 0.25) is 21.9 Å². The number of hydrogen-bond donors (Lipinski definition) is 1. The molecule has 2 aromatic heterocycles. The molecule has 0 radical (unpaired) electrons. The van der Waals surface area contributed by atoms with Crippen LogP contribution in [0.25, 0.3) is 12.2 Å². The molecule has 35 heavy (non-hydrogen) atoms. The second-order valence-corrected chi connectivity index (χ2v) is 10.6. The second kappa shape index (κ2) is 9.59. The summed E-state index contributed by atoms with van der Waals surface area (Å²) in [5.41, 5.74) is 1.97. The number of sulfonamides is 1. The summed E-state index contributed by atoms with van der Waals surface area (Å²) >= 11 is 0. The number of aromatic nitrogens is 3. The quantitative estimate of drug-likeness (QED) is 0.532. The highest BCUT2D eigenvalue weighted by Gasteiger charge is 2.31. The fourth-order valence-corrected chi connectivity index (χ4v) is 5.30. The molecule has 11 heteroatoms. The van der Waals surface area contributed by atoms with Crippen LogP contribution in [0.15, 0.2) is 52.1 Å². The van der Waals surface area contributed by atoms with Crippen LogP contribution in [0.1, 0.15) is 29.9 Å². The normalized spacial score (nSPS) is 17.1. The van der Waals surface area contributed by atoms with E-state index in [1.165, 1.54) is 4.31 Å². The highest BCUT2D eigenvalue weighted by molar-refractivity contribution is 7.89. The van der Waals surface area contributed by atoms with Gasteiger partial charge in [-0.1, -0.05) is 23.4 Å². The van der Waals surface area contributed by atoms with Gasteiger partial charge in [-0.2, -0.15) is 4.31 Å². The minimum atomic E-state index is -3.60. The number of nitrogens with zero attached hydrogens (tertiary/aromatic N) is 5. The second-order valence-electron chi connectivity index (χ2n) is 8.61. The minimum absolute atomic E-state index is 0.0161. The van der Waals surface area contributed by atoms with Gasteiger partial charge >= 0.3 is 0 Å². The van der Waals surface area contributed by atoms with Gasteiger partial charge in [0.15, 0.2) is 5.76 Å². The Morgan fingerprint density at radius 2 is 1.74 bits per heavy atom. The minimum Gasteiger partial charge on any atom is -0.354 e. The number of anilines is 2. The molecule has 1 N–H and O–H groups in total. The number of piperazine rings is 1. The van der Waals surface area contributed by atoms with Crippen molar-refractivity contribution in [2.45, 2.75) is 24.7 Å². The standard InChI is InChI=1S/C24H26N6O4S/c1-17-22(27-23(31)19-6-7-19)21(34-28-17)10-5-18-3-8-20(9-4-18)35(32,33)30-15-13-29(14-16-30)24-25-11-2-12-26-24/h2-5,8-12,19H,6-7,13-16H2,1H3,(H,27,31). The summed E-state index contributed by atoms with van der Waals surface area (Å²) in [7, 11) is -3.60. The Morgan fingerprint density at radius 3 is 2.40 bits per heavy atom. The summed E-state index contributed by atoms with van der Waals surface area (Å²) < 4.78 is 33.1. The summed E-state index contributed by atoms with van der Waals surface area (Å²) in [6, 6.07) is 8.43. The van der Waals surface area contributed by atoms with E-state index in [1.54, 1.807) is 61.8 Å². The molecule has 5 rings (SSSR count). The molecule has 1 aromatic carbocycles. The molecule has 2 aliphatic rings. The van der Waals surface area contributed by atoms with Crippen LogP contribution in [0, 0.1) is 12.8 Å². The number of aryl methyl sites for hydroxylation is 1. The van der Waals surface area contributed by atoms with Gasteiger partial charge < -0.3 is 14.7 Å². The lowest BCUT2D eigenvalue weighted by molar-refractivity contribution is -0.117. The molecular formula is C24H26N6O4S. The Morgan fingerprint density at radius 1 is 1.06 bits per heavy atom. The van der Waals surface area contributed by atoms with Gasteiger partial charge in [-0.15, -0.1) is 0 Å². The van der Waals surface area contributed by atoms with Crippen molar-refractivity contribution in [3.05, 3.63) is 59.7 Å². The van der Waals surface area contributed by atoms with Crippen molar-refractivity contribution in [3.63, 3.8) is 0 Å². The average Bonchev–Trinajstić information content (AvgIpc) is 3.69. The van der Waals surface area contributed by atoms with E-state index in [1.807, 2.05) is 4.90 Å². The number of carbonyl (C=O) groups excluding carboxylic acids is 1. The molecule has 10 nitrogen and oxygen atoms in total. The molecular weight excluding hydrogens is 468 g/mol. The topological polar surface area (TPSA) is 122 Å². The SMILES string of the molecule is Cc1noc(C=Cc2ccc(S(=O)(=O)N3CCN(c4ncccn4)CC3)cc2)c1NC(=O)C1CC1. The Hall–Kier alpha value is -3.57. The van der Waals surface area contributed by atoms with Gasteiger partial charge in [0.1, 0.15) is 11.4 Å². The maximum atomic E-state index is 13.1. The molecule has 0 bridgehead atoms. The van der Waals surface area contributed by atoms with Crippen molar-refractivity contribution in [1.82, 2.24) is 19.4 Å². The molecule has 3 heterocycles. The van der Waals surface area contributed by atoms with Crippen LogP contribution < -0.4 is 10.2 Å². The van der Waals surface area contributed by atoms with Gasteiger partial charge in [0, 0.05) is 44.5 Å². The summed E-state index contributed by atoms with van der Waals surface area (Å²) in [6.07, 6.45) is 8.69. The maximum absolute atomic E-state index is 13.1. The lowest BCUT2D eigenvalue weighted by Gasteiger charge is -2.33. The van der Waals surface area contributed by atoms with Crippen LogP contribution >= 0.6 is 0 Å². The zero-order chi connectivity index (χ0) is 24.4. The summed E-state index contributed by atoms with van der Waals surface area (Å²) in [4.78, 5) is 22.8. The number of nitrogens with one attached hydrogen (secondary N) is 1. The molecule has 1 aliphatic heterocycles. The molecule has 2 fully saturated rings. The Bertz CT molecular complexity index is 1330. The van der Waals surface area contributed by atoms with E-state index in [0.29, 0.717) is 49.3 Å². The third-order valence-electron chi connectivity index (χ3n) is 6.10. The summed E-state index contributed by atoms with van der Waals surface area (Å²) in [5.74, 6) is 1.12. The van der Waals surface area contributed by atoms with E-state index in [9.17, 15) is 13.2 Å². The van der Waals surface area contributed by atoms with E-state index < -0.39 is 10.0 Å². The first kappa shape index (κ1) is 23.2. The predicted octanol–water partition coefficient (Wildman–Crippen LogP) is 2.80. The van der Waals surface area contributed by atoms with Crippen molar-refractivity contribution < 1.29 is 17.7 Å². The number of benzene rings is 1. The summed E-state index contributed by atoms with van der Waals surface area (Å²) in [6.45, 7) is 3.56. The van der Waals surface area contributed by atoms with Gasteiger partial charge in [-0.05, 0) is 49.6 Å². The van der Waals surface area contributed by atoms with Gasteiger partial charge in [0.05, 0.1) is 4.90 Å². The Balaban J connectivity index is 1.24. The molecule has 0 unspecified atom stereocenters. The average molecular weight is 495 g/mol. The van der Waals surface area contributed by atoms with Gasteiger partial charge in [-0.25, -0.2) is 18.4 Å². The first-order valence-electron chi connectivity index (χ1n) is 11.5. The first-order chi connectivity index (χ1) is 16.9. The van der Waals surface area contributed by atoms with Crippen molar-refractivity contribution in [2.24, 2.45) is 5.92 Å². The van der Waals surface area contributed by atoms with E-state index >= 15 is 0 Å². The number of amides is 1. The van der Waals surface area contributed by atoms with Gasteiger partial charge in [-0.3, -0.25) is 4.79 Å². The molecule has 0 spiro atoms. The number of hydrogen-bond acceptors (Lipinski definition) is 8. The molecule has 0 atom stereocenters. The first-order valence-corrected chi connectivity index (χ1v) is 12.9. The van der Waals surface area contributed by atoms with Gasteiger partial charge in [0.25, 0.3) is 0 Å². The fourth-order valence-electron chi connectivity index (χ4n) is 3.88. The Kier molecular flexibility index (Phi) is 6.35. The van der Waals surface area contributed by atoms with Crippen LogP contribution in [0.3, 0.4) is 0 Å². The lowest BCUT2D eigenvalue weighted by Crippen LogP contribution is -2.49. The summed E-state index contributed by atoms with van der Waals surface area (Å²) in [5, 5.41) is 6.84. The van der Waals surface area contributed by atoms with E-state index in [0.717, 1.165) is 18.4 Å². The van der Waals surface area contributed by atoms with Crippen LogP contribution in [-0.4, -0.2) is 59.9 Å². The monoisotopic (exact) mass is 494 g/mol. The van der Waals surface area contributed by atoms with Crippen molar-refractivity contribution >= 4 is 39.7 Å². The third-order valence-corrected chi connectivity index (χ3v) is 8.02. The highest BCUT2D eigenvalue weighted by Crippen LogP contribution is 2.32. The van der Waals surface area contributed by atoms with E-state index in [-0.39, 0.29) is 16.7 Å². The maximum Gasteiger partial charge on any atom is 0.243 e.